The van der Waals surface area contributed by atoms with Gasteiger partial charge in [0, 0.05) is 12.5 Å². The lowest BCUT2D eigenvalue weighted by Gasteiger charge is -2.28. The Morgan fingerprint density at radius 2 is 1.86 bits per heavy atom. The molecule has 1 amide bonds. The van der Waals surface area contributed by atoms with E-state index in [1.807, 2.05) is 30.3 Å². The van der Waals surface area contributed by atoms with Crippen molar-refractivity contribution in [3.8, 4) is 0 Å². The fourth-order valence-corrected chi connectivity index (χ4v) is 2.55. The number of ether oxygens (including phenoxy) is 1. The molecule has 1 aromatic carbocycles. The Kier molecular flexibility index (Phi) is 4.21. The number of benzene rings is 1. The molecule has 0 bridgehead atoms. The van der Waals surface area contributed by atoms with Crippen LogP contribution in [-0.2, 0) is 9.53 Å². The van der Waals surface area contributed by atoms with Crippen molar-refractivity contribution in [2.45, 2.75) is 44.8 Å². The van der Waals surface area contributed by atoms with Gasteiger partial charge in [0.1, 0.15) is 5.60 Å². The van der Waals surface area contributed by atoms with Gasteiger partial charge in [-0.3, -0.25) is 4.90 Å². The molecule has 0 N–H and O–H groups in total. The first-order valence-corrected chi connectivity index (χ1v) is 7.03. The topological polar surface area (TPSA) is 69.7 Å². The molecular weight excluding hydrogens is 270 g/mol. The summed E-state index contributed by atoms with van der Waals surface area (Å²) in [7, 11) is 0. The summed E-state index contributed by atoms with van der Waals surface area (Å²) in [5, 5.41) is 11.3. The van der Waals surface area contributed by atoms with E-state index < -0.39 is 23.7 Å². The number of amides is 1. The molecule has 1 saturated heterocycles. The van der Waals surface area contributed by atoms with Gasteiger partial charge in [-0.2, -0.15) is 0 Å². The first-order chi connectivity index (χ1) is 9.78. The average molecular weight is 290 g/mol. The number of hydrogen-bond donors (Lipinski definition) is 0. The predicted octanol–water partition coefficient (Wildman–Crippen LogP) is 1.53. The van der Waals surface area contributed by atoms with Gasteiger partial charge in [0.25, 0.3) is 0 Å². The molecule has 1 fully saturated rings. The molecule has 1 aliphatic heterocycles. The van der Waals surface area contributed by atoms with Crippen LogP contribution in [-0.4, -0.2) is 35.2 Å². The number of likely N-dealkylation sites (tertiary alicyclic amines) is 1. The van der Waals surface area contributed by atoms with Gasteiger partial charge in [-0.05, 0) is 32.8 Å². The molecule has 0 radical (unpaired) electrons. The average Bonchev–Trinajstić information content (AvgIpc) is 2.83. The van der Waals surface area contributed by atoms with Crippen LogP contribution in [0.2, 0.25) is 0 Å². The molecule has 0 aliphatic carbocycles. The number of hydrogen-bond acceptors (Lipinski definition) is 4. The van der Waals surface area contributed by atoms with Crippen molar-refractivity contribution in [1.82, 2.24) is 4.90 Å². The third-order valence-corrected chi connectivity index (χ3v) is 3.47. The highest BCUT2D eigenvalue weighted by atomic mass is 16.6. The second-order valence-corrected chi connectivity index (χ2v) is 6.31. The van der Waals surface area contributed by atoms with Crippen LogP contribution in [0, 0.1) is 0 Å². The van der Waals surface area contributed by atoms with Crippen molar-refractivity contribution in [1.29, 1.82) is 0 Å². The van der Waals surface area contributed by atoms with Gasteiger partial charge >= 0.3 is 6.09 Å². The smallest absolute Gasteiger partial charge is 0.410 e. The maximum absolute atomic E-state index is 12.2. The minimum absolute atomic E-state index is 0.0124. The zero-order chi connectivity index (χ0) is 15.6. The van der Waals surface area contributed by atoms with Gasteiger partial charge in [-0.15, -0.1) is 0 Å². The van der Waals surface area contributed by atoms with Crippen LogP contribution in [0.25, 0.3) is 0 Å². The van der Waals surface area contributed by atoms with E-state index >= 15 is 0 Å². The zero-order valence-corrected chi connectivity index (χ0v) is 12.5. The lowest BCUT2D eigenvalue weighted by molar-refractivity contribution is -0.310. The molecule has 0 unspecified atom stereocenters. The normalized spacial score (nSPS) is 22.1. The lowest BCUT2D eigenvalue weighted by atomic mass is 9.96. The Labute approximate surface area is 124 Å². The van der Waals surface area contributed by atoms with E-state index in [1.165, 1.54) is 4.90 Å². The van der Waals surface area contributed by atoms with E-state index in [-0.39, 0.29) is 5.92 Å². The van der Waals surface area contributed by atoms with Crippen LogP contribution in [0.15, 0.2) is 30.3 Å². The number of aliphatic carboxylic acids is 1. The summed E-state index contributed by atoms with van der Waals surface area (Å²) in [5.41, 5.74) is 0.369. The van der Waals surface area contributed by atoms with E-state index in [0.29, 0.717) is 13.0 Å². The highest BCUT2D eigenvalue weighted by Crippen LogP contribution is 2.32. The molecular formula is C16H20NO4-. The predicted molar refractivity (Wildman–Crippen MR) is 75.5 cm³/mol. The Morgan fingerprint density at radius 1 is 1.24 bits per heavy atom. The molecule has 1 heterocycles. The standard InChI is InChI=1S/C16H21NO4/c1-16(2,3)21-15(20)17-10-12(9-13(17)14(18)19)11-7-5-4-6-8-11/h4-8,12-13H,9-10H2,1-3H3,(H,18,19)/p-1/t12-,13+/m1/s1. The maximum atomic E-state index is 12.2. The number of nitrogens with zero attached hydrogens (tertiary/aromatic N) is 1. The van der Waals surface area contributed by atoms with Crippen LogP contribution in [0.1, 0.15) is 38.7 Å². The monoisotopic (exact) mass is 290 g/mol. The Morgan fingerprint density at radius 3 is 2.38 bits per heavy atom. The molecule has 0 saturated carbocycles. The quantitative estimate of drug-likeness (QED) is 0.828. The van der Waals surface area contributed by atoms with E-state index in [0.717, 1.165) is 5.56 Å². The fourth-order valence-electron chi connectivity index (χ4n) is 2.55. The SMILES string of the molecule is CC(C)(C)OC(=O)N1C[C@H](c2ccccc2)C[C@H]1C(=O)[O-]. The largest absolute Gasteiger partial charge is 0.548 e. The van der Waals surface area contributed by atoms with Crippen LogP contribution in [0.4, 0.5) is 4.79 Å². The van der Waals surface area contributed by atoms with E-state index in [4.69, 9.17) is 4.74 Å². The molecule has 1 aromatic rings. The molecule has 114 valence electrons. The molecule has 5 nitrogen and oxygen atoms in total. The van der Waals surface area contributed by atoms with Crippen molar-refractivity contribution in [3.05, 3.63) is 35.9 Å². The zero-order valence-electron chi connectivity index (χ0n) is 12.5. The van der Waals surface area contributed by atoms with Crippen LogP contribution < -0.4 is 5.11 Å². The molecule has 2 atom stereocenters. The third-order valence-electron chi connectivity index (χ3n) is 3.47. The van der Waals surface area contributed by atoms with Crippen LogP contribution >= 0.6 is 0 Å². The molecule has 1 aliphatic rings. The van der Waals surface area contributed by atoms with Crippen molar-refractivity contribution in [2.24, 2.45) is 0 Å². The summed E-state index contributed by atoms with van der Waals surface area (Å²) in [5.74, 6) is -1.25. The molecule has 2 rings (SSSR count). The number of rotatable bonds is 2. The van der Waals surface area contributed by atoms with Crippen molar-refractivity contribution in [2.75, 3.05) is 6.54 Å². The summed E-state index contributed by atoms with van der Waals surface area (Å²) in [4.78, 5) is 24.7. The number of carboxylic acids is 1. The van der Waals surface area contributed by atoms with Gasteiger partial charge in [0.2, 0.25) is 0 Å². The number of carbonyl (C=O) groups is 2. The van der Waals surface area contributed by atoms with Gasteiger partial charge in [0.15, 0.2) is 0 Å². The molecule has 0 aromatic heterocycles. The van der Waals surface area contributed by atoms with Gasteiger partial charge in [-0.25, -0.2) is 4.79 Å². The van der Waals surface area contributed by atoms with Crippen LogP contribution in [0.3, 0.4) is 0 Å². The Balaban J connectivity index is 2.16. The molecule has 0 spiro atoms. The summed E-state index contributed by atoms with van der Waals surface area (Å²) in [6, 6.07) is 8.65. The minimum atomic E-state index is -1.24. The van der Waals surface area contributed by atoms with Crippen LogP contribution in [0.5, 0.6) is 0 Å². The third kappa shape index (κ3) is 3.74. The van der Waals surface area contributed by atoms with E-state index in [1.54, 1.807) is 20.8 Å². The summed E-state index contributed by atoms with van der Waals surface area (Å²) < 4.78 is 5.28. The van der Waals surface area contributed by atoms with Crippen molar-refractivity contribution < 1.29 is 19.4 Å². The molecule has 5 heteroatoms. The second kappa shape index (κ2) is 5.76. The summed E-state index contributed by atoms with van der Waals surface area (Å²) in [6.45, 7) is 5.59. The lowest BCUT2D eigenvalue weighted by Crippen LogP contribution is -2.48. The van der Waals surface area contributed by atoms with Crippen molar-refractivity contribution >= 4 is 12.1 Å². The molecule has 21 heavy (non-hydrogen) atoms. The number of carboxylic acid groups (broad SMARTS) is 1. The maximum Gasteiger partial charge on any atom is 0.410 e. The minimum Gasteiger partial charge on any atom is -0.548 e. The highest BCUT2D eigenvalue weighted by molar-refractivity contribution is 5.80. The Bertz CT molecular complexity index is 521. The Hall–Kier alpha value is -2.04. The first kappa shape index (κ1) is 15.4. The van der Waals surface area contributed by atoms with Gasteiger partial charge in [0.05, 0.1) is 12.0 Å². The first-order valence-electron chi connectivity index (χ1n) is 7.03. The van der Waals surface area contributed by atoms with E-state index in [2.05, 4.69) is 0 Å². The highest BCUT2D eigenvalue weighted by Gasteiger charge is 2.38. The second-order valence-electron chi connectivity index (χ2n) is 6.31. The summed E-state index contributed by atoms with van der Waals surface area (Å²) >= 11 is 0. The van der Waals surface area contributed by atoms with Crippen molar-refractivity contribution in [3.63, 3.8) is 0 Å². The van der Waals surface area contributed by atoms with Gasteiger partial charge < -0.3 is 14.6 Å². The van der Waals surface area contributed by atoms with E-state index in [9.17, 15) is 14.7 Å². The summed E-state index contributed by atoms with van der Waals surface area (Å²) in [6.07, 6.45) is -0.249. The van der Waals surface area contributed by atoms with Gasteiger partial charge in [-0.1, -0.05) is 30.3 Å². The fraction of sp³-hybridized carbons (Fsp3) is 0.500. The number of carbonyl (C=O) groups excluding carboxylic acids is 2.